The highest BCUT2D eigenvalue weighted by Crippen LogP contribution is 2.34. The van der Waals surface area contributed by atoms with Crippen molar-refractivity contribution in [3.8, 4) is 22.8 Å². The summed E-state index contributed by atoms with van der Waals surface area (Å²) in [6.45, 7) is 1.04. The summed E-state index contributed by atoms with van der Waals surface area (Å²) in [5.74, 6) is 1.50. The predicted molar refractivity (Wildman–Crippen MR) is 95.0 cm³/mol. The van der Waals surface area contributed by atoms with Gasteiger partial charge in [0, 0.05) is 21.8 Å². The molecule has 1 N–H and O–H groups in total. The summed E-state index contributed by atoms with van der Waals surface area (Å²) in [7, 11) is 0. The van der Waals surface area contributed by atoms with E-state index in [0.717, 1.165) is 10.0 Å². The van der Waals surface area contributed by atoms with E-state index in [1.54, 1.807) is 18.2 Å². The van der Waals surface area contributed by atoms with Crippen molar-refractivity contribution >= 4 is 27.5 Å². The number of carbonyl (C=O) groups is 1. The molecule has 4 rings (SSSR count). The SMILES string of the molecule is O=C(Nc1ccc(Br)cc1)c1cc(-c2ccc3c(c2)OCCO3)on1. The maximum Gasteiger partial charge on any atom is 0.277 e. The number of aromatic nitrogens is 1. The fourth-order valence-corrected chi connectivity index (χ4v) is 2.71. The first-order valence-electron chi connectivity index (χ1n) is 7.63. The van der Waals surface area contributed by atoms with Crippen molar-refractivity contribution in [2.24, 2.45) is 0 Å². The van der Waals surface area contributed by atoms with Gasteiger partial charge in [0.2, 0.25) is 0 Å². The third-order valence-corrected chi connectivity index (χ3v) is 4.20. The van der Waals surface area contributed by atoms with Crippen molar-refractivity contribution in [1.29, 1.82) is 0 Å². The molecule has 0 radical (unpaired) electrons. The lowest BCUT2D eigenvalue weighted by molar-refractivity contribution is 0.101. The summed E-state index contributed by atoms with van der Waals surface area (Å²) in [6.07, 6.45) is 0. The normalized spacial score (nSPS) is 12.7. The highest BCUT2D eigenvalue weighted by Gasteiger charge is 2.17. The largest absolute Gasteiger partial charge is 0.486 e. The van der Waals surface area contributed by atoms with E-state index in [9.17, 15) is 4.79 Å². The second-order valence-corrected chi connectivity index (χ2v) is 6.31. The van der Waals surface area contributed by atoms with Crippen molar-refractivity contribution in [3.05, 3.63) is 58.7 Å². The minimum atomic E-state index is -0.338. The maximum atomic E-state index is 12.3. The number of carbonyl (C=O) groups excluding carboxylic acids is 1. The molecule has 0 saturated heterocycles. The Morgan fingerprint density at radius 2 is 1.76 bits per heavy atom. The monoisotopic (exact) mass is 400 g/mol. The van der Waals surface area contributed by atoms with E-state index in [1.165, 1.54) is 0 Å². The average molecular weight is 401 g/mol. The molecule has 0 fully saturated rings. The van der Waals surface area contributed by atoms with Crippen LogP contribution in [-0.2, 0) is 0 Å². The minimum Gasteiger partial charge on any atom is -0.486 e. The van der Waals surface area contributed by atoms with Crippen LogP contribution in [-0.4, -0.2) is 24.3 Å². The fourth-order valence-electron chi connectivity index (χ4n) is 2.44. The lowest BCUT2D eigenvalue weighted by Crippen LogP contribution is -2.15. The topological polar surface area (TPSA) is 73.6 Å². The van der Waals surface area contributed by atoms with E-state index in [4.69, 9.17) is 14.0 Å². The molecule has 2 heterocycles. The van der Waals surface area contributed by atoms with Gasteiger partial charge in [0.05, 0.1) is 0 Å². The Morgan fingerprint density at radius 3 is 2.56 bits per heavy atom. The zero-order chi connectivity index (χ0) is 17.2. The van der Waals surface area contributed by atoms with Crippen molar-refractivity contribution in [2.45, 2.75) is 0 Å². The Balaban J connectivity index is 1.53. The first-order valence-corrected chi connectivity index (χ1v) is 8.42. The average Bonchev–Trinajstić information content (AvgIpc) is 3.13. The molecule has 0 spiro atoms. The number of nitrogens with one attached hydrogen (secondary N) is 1. The number of halogens is 1. The molecular weight excluding hydrogens is 388 g/mol. The molecule has 6 nitrogen and oxygen atoms in total. The maximum absolute atomic E-state index is 12.3. The molecule has 7 heteroatoms. The highest BCUT2D eigenvalue weighted by molar-refractivity contribution is 9.10. The Labute approximate surface area is 151 Å². The van der Waals surface area contributed by atoms with Crippen molar-refractivity contribution in [1.82, 2.24) is 5.16 Å². The molecule has 126 valence electrons. The van der Waals surface area contributed by atoms with E-state index >= 15 is 0 Å². The highest BCUT2D eigenvalue weighted by atomic mass is 79.9. The van der Waals surface area contributed by atoms with Crippen LogP contribution >= 0.6 is 15.9 Å². The molecule has 0 bridgehead atoms. The van der Waals surface area contributed by atoms with Crippen molar-refractivity contribution < 1.29 is 18.8 Å². The van der Waals surface area contributed by atoms with E-state index in [1.807, 2.05) is 30.3 Å². The first kappa shape index (κ1) is 15.7. The number of rotatable bonds is 3. The van der Waals surface area contributed by atoms with Gasteiger partial charge in [0.25, 0.3) is 5.91 Å². The molecule has 0 aliphatic carbocycles. The van der Waals surface area contributed by atoms with Gasteiger partial charge in [-0.2, -0.15) is 0 Å². The Bertz CT molecular complexity index is 921. The molecule has 2 aromatic carbocycles. The summed E-state index contributed by atoms with van der Waals surface area (Å²) >= 11 is 3.35. The van der Waals surface area contributed by atoms with E-state index < -0.39 is 0 Å². The van der Waals surface area contributed by atoms with Crippen LogP contribution < -0.4 is 14.8 Å². The molecule has 1 aliphatic heterocycles. The van der Waals surface area contributed by atoms with Crippen molar-refractivity contribution in [2.75, 3.05) is 18.5 Å². The number of hydrogen-bond donors (Lipinski definition) is 1. The molecule has 0 atom stereocenters. The molecule has 1 aromatic heterocycles. The van der Waals surface area contributed by atoms with Crippen LogP contribution in [0.4, 0.5) is 5.69 Å². The Kier molecular flexibility index (Phi) is 4.15. The van der Waals surface area contributed by atoms with Gasteiger partial charge in [-0.15, -0.1) is 0 Å². The molecule has 0 unspecified atom stereocenters. The van der Waals surface area contributed by atoms with Crippen LogP contribution in [0.3, 0.4) is 0 Å². The van der Waals surface area contributed by atoms with E-state index in [0.29, 0.717) is 36.2 Å². The zero-order valence-corrected chi connectivity index (χ0v) is 14.6. The number of hydrogen-bond acceptors (Lipinski definition) is 5. The summed E-state index contributed by atoms with van der Waals surface area (Å²) in [4.78, 5) is 12.3. The smallest absolute Gasteiger partial charge is 0.277 e. The standard InChI is InChI=1S/C18H13BrN2O4/c19-12-2-4-13(5-3-12)20-18(22)14-10-16(25-21-14)11-1-6-15-17(9-11)24-8-7-23-15/h1-6,9-10H,7-8H2,(H,20,22). The quantitative estimate of drug-likeness (QED) is 0.715. The van der Waals surface area contributed by atoms with E-state index in [-0.39, 0.29) is 11.6 Å². The molecule has 1 aliphatic rings. The third-order valence-electron chi connectivity index (χ3n) is 3.67. The fraction of sp³-hybridized carbons (Fsp3) is 0.111. The second kappa shape index (κ2) is 6.60. The molecule has 1 amide bonds. The van der Waals surface area contributed by atoms with Gasteiger partial charge < -0.3 is 19.3 Å². The number of ether oxygens (including phenoxy) is 2. The number of anilines is 1. The summed E-state index contributed by atoms with van der Waals surface area (Å²) in [5, 5.41) is 6.62. The number of fused-ring (bicyclic) bond motifs is 1. The number of benzene rings is 2. The lowest BCUT2D eigenvalue weighted by atomic mass is 10.1. The van der Waals surface area contributed by atoms with Crippen LogP contribution in [0.15, 0.2) is 57.5 Å². The van der Waals surface area contributed by atoms with Crippen LogP contribution in [0.5, 0.6) is 11.5 Å². The molecule has 0 saturated carbocycles. The van der Waals surface area contributed by atoms with E-state index in [2.05, 4.69) is 26.4 Å². The Morgan fingerprint density at radius 1 is 1.00 bits per heavy atom. The van der Waals surface area contributed by atoms with Crippen LogP contribution in [0.1, 0.15) is 10.5 Å². The summed E-state index contributed by atoms with van der Waals surface area (Å²) < 4.78 is 17.3. The number of amides is 1. The van der Waals surface area contributed by atoms with Gasteiger partial charge in [-0.25, -0.2) is 0 Å². The van der Waals surface area contributed by atoms with Gasteiger partial charge in [0.1, 0.15) is 13.2 Å². The number of nitrogens with zero attached hydrogens (tertiary/aromatic N) is 1. The lowest BCUT2D eigenvalue weighted by Gasteiger charge is -2.18. The molecule has 3 aromatic rings. The molecule has 25 heavy (non-hydrogen) atoms. The van der Waals surface area contributed by atoms with Crippen LogP contribution in [0.25, 0.3) is 11.3 Å². The van der Waals surface area contributed by atoms with Gasteiger partial charge in [0.15, 0.2) is 23.0 Å². The van der Waals surface area contributed by atoms with Gasteiger partial charge >= 0.3 is 0 Å². The van der Waals surface area contributed by atoms with Crippen molar-refractivity contribution in [3.63, 3.8) is 0 Å². The summed E-state index contributed by atoms with van der Waals surface area (Å²) in [6, 6.07) is 14.3. The molecular formula is C18H13BrN2O4. The van der Waals surface area contributed by atoms with Crippen LogP contribution in [0, 0.1) is 0 Å². The summed E-state index contributed by atoms with van der Waals surface area (Å²) in [5.41, 5.74) is 1.64. The Hall–Kier alpha value is -2.80. The first-order chi connectivity index (χ1) is 12.2. The zero-order valence-electron chi connectivity index (χ0n) is 13.0. The van der Waals surface area contributed by atoms with Crippen LogP contribution in [0.2, 0.25) is 0 Å². The van der Waals surface area contributed by atoms with Gasteiger partial charge in [-0.1, -0.05) is 21.1 Å². The minimum absolute atomic E-state index is 0.202. The predicted octanol–water partition coefficient (Wildman–Crippen LogP) is 4.13. The third kappa shape index (κ3) is 3.36. The van der Waals surface area contributed by atoms with Gasteiger partial charge in [-0.3, -0.25) is 4.79 Å². The second-order valence-electron chi connectivity index (χ2n) is 5.40. The van der Waals surface area contributed by atoms with Gasteiger partial charge in [-0.05, 0) is 42.5 Å².